The maximum atomic E-state index is 10.4. The molecule has 0 unspecified atom stereocenters. The van der Waals surface area contributed by atoms with Crippen LogP contribution in [0.2, 0.25) is 0 Å². The summed E-state index contributed by atoms with van der Waals surface area (Å²) in [7, 11) is 1.35. The molecule has 0 spiro atoms. The van der Waals surface area contributed by atoms with E-state index in [1.807, 2.05) is 0 Å². The molecule has 0 aromatic heterocycles. The van der Waals surface area contributed by atoms with Gasteiger partial charge in [0.15, 0.2) is 0 Å². The maximum Gasteiger partial charge on any atom is 0.319 e. The third-order valence-electron chi connectivity index (χ3n) is 0.943. The minimum absolute atomic E-state index is 0.234. The van der Waals surface area contributed by atoms with Gasteiger partial charge in [0, 0.05) is 13.0 Å². The van der Waals surface area contributed by atoms with Gasteiger partial charge in [-0.15, -0.1) is 12.3 Å². The van der Waals surface area contributed by atoms with Crippen molar-refractivity contribution in [1.29, 1.82) is 0 Å². The van der Waals surface area contributed by atoms with Crippen LogP contribution in [-0.4, -0.2) is 26.2 Å². The minimum atomic E-state index is -0.267. The summed E-state index contributed by atoms with van der Waals surface area (Å²) in [4.78, 5) is 10.4. The Morgan fingerprint density at radius 2 is 2.50 bits per heavy atom. The van der Waals surface area contributed by atoms with Crippen LogP contribution in [0.3, 0.4) is 0 Å². The Morgan fingerprint density at radius 1 is 1.80 bits per heavy atom. The zero-order valence-corrected chi connectivity index (χ0v) is 6.02. The number of methoxy groups -OCH3 is 1. The van der Waals surface area contributed by atoms with E-state index in [2.05, 4.69) is 16.0 Å². The smallest absolute Gasteiger partial charge is 0.319 e. The van der Waals surface area contributed by atoms with Gasteiger partial charge >= 0.3 is 5.97 Å². The predicted molar refractivity (Wildman–Crippen MR) is 38.3 cm³/mol. The molecule has 0 atom stereocenters. The number of ether oxygens (including phenoxy) is 1. The Kier molecular flexibility index (Phi) is 5.50. The molecule has 0 saturated heterocycles. The van der Waals surface area contributed by atoms with Gasteiger partial charge in [0.2, 0.25) is 0 Å². The lowest BCUT2D eigenvalue weighted by molar-refractivity contribution is -0.139. The summed E-state index contributed by atoms with van der Waals surface area (Å²) >= 11 is 0. The van der Waals surface area contributed by atoms with Crippen LogP contribution < -0.4 is 5.32 Å². The molecule has 0 amide bonds. The predicted octanol–water partition coefficient (Wildman–Crippen LogP) is -0.228. The fraction of sp³-hybridized carbons (Fsp3) is 0.571. The Balaban J connectivity index is 3.05. The molecule has 0 bridgehead atoms. The third-order valence-corrected chi connectivity index (χ3v) is 0.943. The van der Waals surface area contributed by atoms with Crippen molar-refractivity contribution < 1.29 is 9.53 Å². The number of esters is 1. The Labute approximate surface area is 60.8 Å². The molecule has 3 nitrogen and oxygen atoms in total. The minimum Gasteiger partial charge on any atom is -0.468 e. The first-order valence-electron chi connectivity index (χ1n) is 3.02. The van der Waals surface area contributed by atoms with Crippen molar-refractivity contribution in [3.05, 3.63) is 0 Å². The first kappa shape index (κ1) is 8.99. The van der Waals surface area contributed by atoms with E-state index in [-0.39, 0.29) is 12.5 Å². The molecule has 0 fully saturated rings. The molecule has 56 valence electrons. The van der Waals surface area contributed by atoms with Crippen molar-refractivity contribution in [3.63, 3.8) is 0 Å². The van der Waals surface area contributed by atoms with E-state index in [4.69, 9.17) is 6.42 Å². The van der Waals surface area contributed by atoms with E-state index in [1.165, 1.54) is 7.11 Å². The van der Waals surface area contributed by atoms with Gasteiger partial charge in [0.25, 0.3) is 0 Å². The number of hydrogen-bond acceptors (Lipinski definition) is 3. The van der Waals surface area contributed by atoms with E-state index >= 15 is 0 Å². The number of rotatable bonds is 4. The number of terminal acetylenes is 1. The number of carbonyl (C=O) groups is 1. The molecule has 10 heavy (non-hydrogen) atoms. The average molecular weight is 141 g/mol. The standard InChI is InChI=1S/C7H11NO2/c1-3-4-5-8-6-7(9)10-2/h1,8H,4-6H2,2H3. The van der Waals surface area contributed by atoms with Gasteiger partial charge in [-0.3, -0.25) is 4.79 Å². The van der Waals surface area contributed by atoms with Crippen LogP contribution in [0.4, 0.5) is 0 Å². The largest absolute Gasteiger partial charge is 0.468 e. The highest BCUT2D eigenvalue weighted by Gasteiger charge is 1.95. The molecule has 0 radical (unpaired) electrons. The highest BCUT2D eigenvalue weighted by atomic mass is 16.5. The van der Waals surface area contributed by atoms with Crippen LogP contribution >= 0.6 is 0 Å². The summed E-state index contributed by atoms with van der Waals surface area (Å²) in [6.45, 7) is 0.893. The fourth-order valence-corrected chi connectivity index (χ4v) is 0.423. The first-order chi connectivity index (χ1) is 4.81. The van der Waals surface area contributed by atoms with Crippen LogP contribution in [0.5, 0.6) is 0 Å². The molecule has 0 aliphatic carbocycles. The van der Waals surface area contributed by atoms with Crippen LogP contribution in [0.25, 0.3) is 0 Å². The van der Waals surface area contributed by atoms with Gasteiger partial charge < -0.3 is 10.1 Å². The lowest BCUT2D eigenvalue weighted by atomic mass is 10.4. The molecular weight excluding hydrogens is 130 g/mol. The van der Waals surface area contributed by atoms with Gasteiger partial charge in [-0.25, -0.2) is 0 Å². The van der Waals surface area contributed by atoms with Crippen molar-refractivity contribution in [1.82, 2.24) is 5.32 Å². The van der Waals surface area contributed by atoms with Crippen molar-refractivity contribution in [2.45, 2.75) is 6.42 Å². The molecule has 0 rings (SSSR count). The third kappa shape index (κ3) is 5.13. The van der Waals surface area contributed by atoms with Gasteiger partial charge in [-0.1, -0.05) is 0 Å². The van der Waals surface area contributed by atoms with Crippen LogP contribution in [0.1, 0.15) is 6.42 Å². The Morgan fingerprint density at radius 3 is 3.00 bits per heavy atom. The molecule has 3 heteroatoms. The number of hydrogen-bond donors (Lipinski definition) is 1. The lowest BCUT2D eigenvalue weighted by Crippen LogP contribution is -2.24. The van der Waals surface area contributed by atoms with E-state index in [9.17, 15) is 4.79 Å². The summed E-state index contributed by atoms with van der Waals surface area (Å²) in [6, 6.07) is 0. The summed E-state index contributed by atoms with van der Waals surface area (Å²) in [6.07, 6.45) is 5.61. The van der Waals surface area contributed by atoms with Gasteiger partial charge in [0.1, 0.15) is 0 Å². The fourth-order valence-electron chi connectivity index (χ4n) is 0.423. The van der Waals surface area contributed by atoms with Crippen molar-refractivity contribution in [3.8, 4) is 12.3 Å². The second kappa shape index (κ2) is 6.12. The monoisotopic (exact) mass is 141 g/mol. The maximum absolute atomic E-state index is 10.4. The Hall–Kier alpha value is -1.01. The molecule has 0 aromatic rings. The average Bonchev–Trinajstić information content (AvgIpc) is 1.98. The van der Waals surface area contributed by atoms with E-state index in [0.717, 1.165) is 0 Å². The molecule has 0 aromatic carbocycles. The normalized spacial score (nSPS) is 8.40. The molecular formula is C7H11NO2. The number of nitrogens with one attached hydrogen (secondary N) is 1. The summed E-state index contributed by atoms with van der Waals surface area (Å²) < 4.78 is 4.38. The molecule has 0 aliphatic heterocycles. The zero-order chi connectivity index (χ0) is 7.82. The van der Waals surface area contributed by atoms with E-state index in [0.29, 0.717) is 13.0 Å². The van der Waals surface area contributed by atoms with Crippen LogP contribution in [0.15, 0.2) is 0 Å². The van der Waals surface area contributed by atoms with E-state index < -0.39 is 0 Å². The summed E-state index contributed by atoms with van der Waals surface area (Å²) in [5.74, 6) is 2.18. The van der Waals surface area contributed by atoms with E-state index in [1.54, 1.807) is 0 Å². The van der Waals surface area contributed by atoms with Crippen LogP contribution in [0, 0.1) is 12.3 Å². The molecule has 0 aliphatic rings. The van der Waals surface area contributed by atoms with Crippen molar-refractivity contribution in [2.75, 3.05) is 20.2 Å². The zero-order valence-electron chi connectivity index (χ0n) is 6.02. The van der Waals surface area contributed by atoms with Gasteiger partial charge in [-0.2, -0.15) is 0 Å². The van der Waals surface area contributed by atoms with Crippen molar-refractivity contribution >= 4 is 5.97 Å². The Bertz CT molecular complexity index is 137. The highest BCUT2D eigenvalue weighted by Crippen LogP contribution is 1.72. The summed E-state index contributed by atoms with van der Waals surface area (Å²) in [5, 5.41) is 2.82. The lowest BCUT2D eigenvalue weighted by Gasteiger charge is -1.98. The van der Waals surface area contributed by atoms with Crippen LogP contribution in [-0.2, 0) is 9.53 Å². The molecule has 1 N–H and O–H groups in total. The van der Waals surface area contributed by atoms with Crippen molar-refractivity contribution in [2.24, 2.45) is 0 Å². The highest BCUT2D eigenvalue weighted by molar-refractivity contribution is 5.71. The second-order valence-electron chi connectivity index (χ2n) is 1.71. The first-order valence-corrected chi connectivity index (χ1v) is 3.02. The molecule has 0 saturated carbocycles. The van der Waals surface area contributed by atoms with Gasteiger partial charge in [-0.05, 0) is 0 Å². The SMILES string of the molecule is C#CCCNCC(=O)OC. The topological polar surface area (TPSA) is 38.3 Å². The number of carbonyl (C=O) groups excluding carboxylic acids is 1. The quantitative estimate of drug-likeness (QED) is 0.334. The van der Waals surface area contributed by atoms with Gasteiger partial charge in [0.05, 0.1) is 13.7 Å². The second-order valence-corrected chi connectivity index (χ2v) is 1.71. The molecule has 0 heterocycles. The summed E-state index contributed by atoms with van der Waals surface area (Å²) in [5.41, 5.74) is 0.